The Morgan fingerprint density at radius 3 is 2.72 bits per heavy atom. The van der Waals surface area contributed by atoms with Crippen LogP contribution in [0.15, 0.2) is 42.6 Å². The third kappa shape index (κ3) is 4.02. The molecule has 2 aliphatic heterocycles. The van der Waals surface area contributed by atoms with Crippen LogP contribution < -0.4 is 10.6 Å². The zero-order valence-corrected chi connectivity index (χ0v) is 18.9. The van der Waals surface area contributed by atoms with Crippen molar-refractivity contribution in [3.8, 4) is 11.3 Å². The molecule has 1 saturated heterocycles. The zero-order chi connectivity index (χ0) is 25.6. The van der Waals surface area contributed by atoms with Crippen LogP contribution in [0.5, 0.6) is 0 Å². The number of amides is 5. The van der Waals surface area contributed by atoms with E-state index in [2.05, 4.69) is 20.9 Å². The van der Waals surface area contributed by atoms with Gasteiger partial charge in [-0.15, -0.1) is 5.10 Å². The zero-order valence-electron chi connectivity index (χ0n) is 18.9. The number of nitrogens with one attached hydrogen (secondary N) is 2. The fourth-order valence-corrected chi connectivity index (χ4v) is 4.33. The molecule has 1 atom stereocenters. The lowest BCUT2D eigenvalue weighted by Crippen LogP contribution is -2.54. The first kappa shape index (κ1) is 23.0. The molecule has 0 bridgehead atoms. The number of rotatable bonds is 5. The quantitative estimate of drug-likeness (QED) is 0.515. The van der Waals surface area contributed by atoms with Crippen LogP contribution in [0.4, 0.5) is 10.1 Å². The molecule has 36 heavy (non-hydrogen) atoms. The van der Waals surface area contributed by atoms with Gasteiger partial charge in [-0.1, -0.05) is 17.3 Å². The van der Waals surface area contributed by atoms with Gasteiger partial charge in [-0.3, -0.25) is 34.2 Å². The van der Waals surface area contributed by atoms with E-state index in [1.165, 1.54) is 41.2 Å². The molecule has 0 saturated carbocycles. The molecule has 2 aliphatic rings. The van der Waals surface area contributed by atoms with Crippen LogP contribution in [-0.2, 0) is 20.9 Å². The van der Waals surface area contributed by atoms with Gasteiger partial charge in [0, 0.05) is 12.0 Å². The summed E-state index contributed by atoms with van der Waals surface area (Å²) >= 11 is 0. The van der Waals surface area contributed by atoms with E-state index < -0.39 is 41.4 Å². The minimum absolute atomic E-state index is 0.00243. The monoisotopic (exact) mass is 490 g/mol. The van der Waals surface area contributed by atoms with Gasteiger partial charge in [-0.25, -0.2) is 9.07 Å². The van der Waals surface area contributed by atoms with Crippen molar-refractivity contribution in [2.45, 2.75) is 32.4 Å². The van der Waals surface area contributed by atoms with Crippen molar-refractivity contribution in [2.24, 2.45) is 0 Å². The number of carbonyl (C=O) groups excluding carboxylic acids is 5. The number of piperidine rings is 1. The molecule has 0 radical (unpaired) electrons. The average molecular weight is 490 g/mol. The van der Waals surface area contributed by atoms with Gasteiger partial charge in [-0.05, 0) is 43.2 Å². The second-order valence-corrected chi connectivity index (χ2v) is 8.48. The number of fused-ring (bicyclic) bond motifs is 1. The smallest absolute Gasteiger partial charge is 0.264 e. The normalized spacial score (nSPS) is 17.3. The van der Waals surface area contributed by atoms with E-state index in [4.69, 9.17) is 0 Å². The Morgan fingerprint density at radius 1 is 1.14 bits per heavy atom. The lowest BCUT2D eigenvalue weighted by molar-refractivity contribution is -0.136. The first-order valence-corrected chi connectivity index (χ1v) is 11.0. The average Bonchev–Trinajstić information content (AvgIpc) is 3.39. The number of halogens is 1. The number of aryl methyl sites for hydroxylation is 1. The highest BCUT2D eigenvalue weighted by Gasteiger charge is 2.45. The molecule has 5 rings (SSSR count). The molecule has 5 amide bonds. The highest BCUT2D eigenvalue weighted by Crippen LogP contribution is 2.32. The fourth-order valence-electron chi connectivity index (χ4n) is 4.33. The van der Waals surface area contributed by atoms with Gasteiger partial charge in [0.2, 0.25) is 17.7 Å². The second-order valence-electron chi connectivity index (χ2n) is 8.48. The van der Waals surface area contributed by atoms with Crippen LogP contribution in [0.3, 0.4) is 0 Å². The van der Waals surface area contributed by atoms with E-state index in [9.17, 15) is 28.4 Å². The van der Waals surface area contributed by atoms with Gasteiger partial charge in [0.15, 0.2) is 0 Å². The summed E-state index contributed by atoms with van der Waals surface area (Å²) in [7, 11) is 0. The Balaban J connectivity index is 1.34. The first-order valence-electron chi connectivity index (χ1n) is 11.0. The van der Waals surface area contributed by atoms with Crippen LogP contribution >= 0.6 is 0 Å². The Labute approximate surface area is 203 Å². The van der Waals surface area contributed by atoms with Gasteiger partial charge >= 0.3 is 0 Å². The van der Waals surface area contributed by atoms with E-state index in [0.717, 1.165) is 10.5 Å². The topological polar surface area (TPSA) is 143 Å². The summed E-state index contributed by atoms with van der Waals surface area (Å²) < 4.78 is 14.9. The van der Waals surface area contributed by atoms with Crippen molar-refractivity contribution >= 4 is 35.2 Å². The summed E-state index contributed by atoms with van der Waals surface area (Å²) in [5, 5.41) is 12.7. The number of hydrogen-bond donors (Lipinski definition) is 2. The van der Waals surface area contributed by atoms with Crippen LogP contribution in [0.1, 0.15) is 39.1 Å². The van der Waals surface area contributed by atoms with Crippen molar-refractivity contribution in [1.29, 1.82) is 0 Å². The molecule has 182 valence electrons. The van der Waals surface area contributed by atoms with Crippen LogP contribution in [0, 0.1) is 12.7 Å². The van der Waals surface area contributed by atoms with E-state index >= 15 is 0 Å². The van der Waals surface area contributed by atoms with Crippen LogP contribution in [-0.4, -0.2) is 55.5 Å². The molecule has 1 unspecified atom stereocenters. The Bertz CT molecular complexity index is 1460. The summed E-state index contributed by atoms with van der Waals surface area (Å²) in [6.45, 7) is 1.54. The van der Waals surface area contributed by atoms with E-state index in [1.807, 2.05) is 0 Å². The Morgan fingerprint density at radius 2 is 1.94 bits per heavy atom. The minimum Gasteiger partial charge on any atom is -0.324 e. The van der Waals surface area contributed by atoms with Crippen molar-refractivity contribution in [1.82, 2.24) is 25.2 Å². The van der Waals surface area contributed by atoms with Crippen LogP contribution in [0.25, 0.3) is 11.3 Å². The van der Waals surface area contributed by atoms with Gasteiger partial charge in [0.1, 0.15) is 24.1 Å². The van der Waals surface area contributed by atoms with E-state index in [-0.39, 0.29) is 36.2 Å². The number of hydrogen-bond acceptors (Lipinski definition) is 7. The summed E-state index contributed by atoms with van der Waals surface area (Å²) in [4.78, 5) is 63.4. The number of imide groups is 2. The standard InChI is InChI=1S/C24H19FN6O5/c1-12-5-6-13(25)9-15(12)17-10-30(29-28-17)11-20(33)26-16-4-2-3-14-21(16)24(36)31(23(14)35)18-7-8-19(32)27-22(18)34/h2-6,9-10,18H,7-8,11H2,1H3,(H,26,33)(H,27,32,34). The number of aromatic nitrogens is 3. The maximum atomic E-state index is 13.6. The molecule has 12 heteroatoms. The number of anilines is 1. The predicted molar refractivity (Wildman–Crippen MR) is 122 cm³/mol. The van der Waals surface area contributed by atoms with Crippen molar-refractivity contribution in [2.75, 3.05) is 5.32 Å². The van der Waals surface area contributed by atoms with Crippen molar-refractivity contribution in [3.63, 3.8) is 0 Å². The molecular formula is C24H19FN6O5. The highest BCUT2D eigenvalue weighted by molar-refractivity contribution is 6.26. The molecule has 2 N–H and O–H groups in total. The maximum absolute atomic E-state index is 13.6. The van der Waals surface area contributed by atoms with Crippen molar-refractivity contribution < 1.29 is 28.4 Å². The lowest BCUT2D eigenvalue weighted by Gasteiger charge is -2.27. The third-order valence-electron chi connectivity index (χ3n) is 6.06. The van der Waals surface area contributed by atoms with Gasteiger partial charge in [-0.2, -0.15) is 0 Å². The third-order valence-corrected chi connectivity index (χ3v) is 6.06. The molecule has 3 aromatic rings. The first-order chi connectivity index (χ1) is 17.2. The van der Waals surface area contributed by atoms with Gasteiger partial charge in [0.05, 0.1) is 23.0 Å². The SMILES string of the molecule is Cc1ccc(F)cc1-c1cn(CC(=O)Nc2cccc3c2C(=O)N(C2CCC(=O)NC2=O)C3=O)nn1. The molecule has 11 nitrogen and oxygen atoms in total. The van der Waals surface area contributed by atoms with E-state index in [0.29, 0.717) is 11.3 Å². The summed E-state index contributed by atoms with van der Waals surface area (Å²) in [6.07, 6.45) is 1.52. The Kier molecular flexibility index (Phi) is 5.63. The highest BCUT2D eigenvalue weighted by atomic mass is 19.1. The minimum atomic E-state index is -1.11. The second kappa shape index (κ2) is 8.80. The number of carbonyl (C=O) groups is 5. The van der Waals surface area contributed by atoms with E-state index in [1.54, 1.807) is 13.0 Å². The summed E-state index contributed by atoms with van der Waals surface area (Å²) in [6, 6.07) is 7.58. The molecule has 0 spiro atoms. The molecule has 2 aromatic carbocycles. The van der Waals surface area contributed by atoms with Crippen molar-refractivity contribution in [3.05, 3.63) is 65.1 Å². The number of nitrogens with zero attached hydrogens (tertiary/aromatic N) is 4. The number of benzene rings is 2. The lowest BCUT2D eigenvalue weighted by atomic mass is 10.0. The predicted octanol–water partition coefficient (Wildman–Crippen LogP) is 1.43. The van der Waals surface area contributed by atoms with Gasteiger partial charge in [0.25, 0.3) is 11.8 Å². The molecule has 0 aliphatic carbocycles. The molecule has 1 fully saturated rings. The summed E-state index contributed by atoms with van der Waals surface area (Å²) in [5.41, 5.74) is 1.84. The largest absolute Gasteiger partial charge is 0.324 e. The molecular weight excluding hydrogens is 471 g/mol. The maximum Gasteiger partial charge on any atom is 0.264 e. The van der Waals surface area contributed by atoms with Gasteiger partial charge < -0.3 is 5.32 Å². The summed E-state index contributed by atoms with van der Waals surface area (Å²) in [5.74, 6) is -3.56. The Hall–Kier alpha value is -4.74. The van der Waals surface area contributed by atoms with Crippen LogP contribution in [0.2, 0.25) is 0 Å². The molecule has 3 heterocycles. The molecule has 1 aromatic heterocycles. The fraction of sp³-hybridized carbons (Fsp3) is 0.208.